The number of aromatic nitrogens is 2. The molecule has 0 saturated carbocycles. The quantitative estimate of drug-likeness (QED) is 0.531. The minimum atomic E-state index is -0.811. The van der Waals surface area contributed by atoms with E-state index in [1.54, 1.807) is 19.9 Å². The average Bonchev–Trinajstić information content (AvgIpc) is 2.18. The van der Waals surface area contributed by atoms with Crippen LogP contribution in [-0.2, 0) is 20.7 Å². The van der Waals surface area contributed by atoms with Crippen molar-refractivity contribution in [3.8, 4) is 0 Å². The van der Waals surface area contributed by atoms with Gasteiger partial charge in [0.15, 0.2) is 0 Å². The van der Waals surface area contributed by atoms with Gasteiger partial charge >= 0.3 is 5.97 Å². The van der Waals surface area contributed by atoms with Gasteiger partial charge in [-0.2, -0.15) is 0 Å². The summed E-state index contributed by atoms with van der Waals surface area (Å²) < 4.78 is 4.57. The van der Waals surface area contributed by atoms with E-state index in [0.717, 1.165) is 5.69 Å². The van der Waals surface area contributed by atoms with Crippen LogP contribution in [0.2, 0.25) is 0 Å². The third-order valence-electron chi connectivity index (χ3n) is 1.71. The van der Waals surface area contributed by atoms with Gasteiger partial charge in [0.1, 0.15) is 6.33 Å². The summed E-state index contributed by atoms with van der Waals surface area (Å²) in [6.07, 6.45) is 1.32. The van der Waals surface area contributed by atoms with E-state index in [4.69, 9.17) is 0 Å². The van der Waals surface area contributed by atoms with Crippen LogP contribution in [-0.4, -0.2) is 28.3 Å². The summed E-state index contributed by atoms with van der Waals surface area (Å²) in [5.41, 5.74) is 1.29. The predicted octanol–water partition coefficient (Wildman–Crippen LogP) is 0.460. The van der Waals surface area contributed by atoms with Crippen LogP contribution in [0.3, 0.4) is 0 Å². The number of hydrogen-bond donors (Lipinski definition) is 0. The maximum Gasteiger partial charge on any atom is 0.375 e. The predicted molar refractivity (Wildman–Crippen MR) is 52.1 cm³/mol. The van der Waals surface area contributed by atoms with E-state index in [2.05, 4.69) is 14.7 Å². The molecule has 0 unspecified atom stereocenters. The molecule has 0 saturated heterocycles. The lowest BCUT2D eigenvalue weighted by Crippen LogP contribution is -2.20. The molecule has 1 rings (SSSR count). The Balaban J connectivity index is 2.62. The number of esters is 1. The Morgan fingerprint density at radius 1 is 1.40 bits per heavy atom. The lowest BCUT2D eigenvalue weighted by atomic mass is 10.2. The van der Waals surface area contributed by atoms with E-state index in [9.17, 15) is 9.59 Å². The van der Waals surface area contributed by atoms with Crippen LogP contribution in [0.1, 0.15) is 18.3 Å². The van der Waals surface area contributed by atoms with Gasteiger partial charge in [-0.25, -0.2) is 14.8 Å². The second kappa shape index (κ2) is 5.19. The molecule has 0 spiro atoms. The van der Waals surface area contributed by atoms with Crippen molar-refractivity contribution < 1.29 is 14.3 Å². The van der Waals surface area contributed by atoms with Crippen LogP contribution in [0.25, 0.3) is 0 Å². The standard InChI is InChI=1S/C10H12N2O3/c1-3-15-10(14)9(13)5-8-4-7(2)11-6-12-8/h4,6H,3,5H2,1-2H3. The molecule has 5 nitrogen and oxygen atoms in total. The van der Waals surface area contributed by atoms with Crippen molar-refractivity contribution >= 4 is 11.8 Å². The van der Waals surface area contributed by atoms with Crippen LogP contribution in [0.4, 0.5) is 0 Å². The molecule has 80 valence electrons. The van der Waals surface area contributed by atoms with Crippen LogP contribution >= 0.6 is 0 Å². The first-order valence-electron chi connectivity index (χ1n) is 4.61. The number of carbonyl (C=O) groups excluding carboxylic acids is 2. The fraction of sp³-hybridized carbons (Fsp3) is 0.400. The van der Waals surface area contributed by atoms with E-state index in [1.807, 2.05) is 0 Å². The number of ether oxygens (including phenoxy) is 1. The topological polar surface area (TPSA) is 69.2 Å². The van der Waals surface area contributed by atoms with Crippen molar-refractivity contribution in [1.29, 1.82) is 0 Å². The fourth-order valence-electron chi connectivity index (χ4n) is 1.05. The van der Waals surface area contributed by atoms with Crippen LogP contribution in [0, 0.1) is 6.92 Å². The number of ketones is 1. The normalized spacial score (nSPS) is 9.73. The van der Waals surface area contributed by atoms with Gasteiger partial charge in [0, 0.05) is 5.69 Å². The smallest absolute Gasteiger partial charge is 0.375 e. The van der Waals surface area contributed by atoms with Crippen LogP contribution in [0.15, 0.2) is 12.4 Å². The van der Waals surface area contributed by atoms with E-state index < -0.39 is 11.8 Å². The van der Waals surface area contributed by atoms with Gasteiger partial charge in [0.05, 0.1) is 18.7 Å². The second-order valence-electron chi connectivity index (χ2n) is 2.97. The molecule has 0 aromatic carbocycles. The molecular weight excluding hydrogens is 196 g/mol. The summed E-state index contributed by atoms with van der Waals surface area (Å²) in [6, 6.07) is 1.66. The molecule has 1 aromatic heterocycles. The first kappa shape index (κ1) is 11.3. The first-order chi connectivity index (χ1) is 7.13. The number of hydrogen-bond acceptors (Lipinski definition) is 5. The molecule has 0 aliphatic heterocycles. The molecule has 0 radical (unpaired) electrons. The number of aryl methyl sites for hydroxylation is 1. The zero-order valence-electron chi connectivity index (χ0n) is 8.69. The number of Topliss-reactive ketones (excluding diaryl/α,β-unsaturated/α-hetero) is 1. The van der Waals surface area contributed by atoms with Crippen molar-refractivity contribution in [2.45, 2.75) is 20.3 Å². The highest BCUT2D eigenvalue weighted by Gasteiger charge is 2.15. The molecule has 0 fully saturated rings. The third kappa shape index (κ3) is 3.46. The zero-order chi connectivity index (χ0) is 11.3. The van der Waals surface area contributed by atoms with E-state index in [-0.39, 0.29) is 13.0 Å². The van der Waals surface area contributed by atoms with Crippen LogP contribution in [0.5, 0.6) is 0 Å². The minimum Gasteiger partial charge on any atom is -0.460 e. The summed E-state index contributed by atoms with van der Waals surface area (Å²) in [5.74, 6) is -1.40. The molecule has 0 amide bonds. The van der Waals surface area contributed by atoms with Gasteiger partial charge < -0.3 is 4.74 Å². The highest BCUT2D eigenvalue weighted by molar-refractivity contribution is 6.34. The summed E-state index contributed by atoms with van der Waals surface area (Å²) in [6.45, 7) is 3.65. The molecule has 0 aliphatic carbocycles. The Labute approximate surface area is 87.5 Å². The van der Waals surface area contributed by atoms with Crippen molar-refractivity contribution in [2.75, 3.05) is 6.61 Å². The van der Waals surface area contributed by atoms with Gasteiger partial charge in [-0.15, -0.1) is 0 Å². The lowest BCUT2D eigenvalue weighted by Gasteiger charge is -2.00. The summed E-state index contributed by atoms with van der Waals surface area (Å²) in [4.78, 5) is 30.1. The van der Waals surface area contributed by atoms with E-state index in [0.29, 0.717) is 5.69 Å². The van der Waals surface area contributed by atoms with Crippen molar-refractivity contribution in [3.05, 3.63) is 23.8 Å². The Morgan fingerprint density at radius 2 is 2.13 bits per heavy atom. The summed E-state index contributed by atoms with van der Waals surface area (Å²) in [5, 5.41) is 0. The largest absolute Gasteiger partial charge is 0.460 e. The van der Waals surface area contributed by atoms with Gasteiger partial charge in [0.25, 0.3) is 0 Å². The average molecular weight is 208 g/mol. The van der Waals surface area contributed by atoms with Gasteiger partial charge in [0.2, 0.25) is 5.78 Å². The number of carbonyl (C=O) groups is 2. The zero-order valence-corrected chi connectivity index (χ0v) is 8.69. The molecule has 1 heterocycles. The fourth-order valence-corrected chi connectivity index (χ4v) is 1.05. The molecule has 1 aromatic rings. The number of nitrogens with zero attached hydrogens (tertiary/aromatic N) is 2. The van der Waals surface area contributed by atoms with Crippen molar-refractivity contribution in [2.24, 2.45) is 0 Å². The molecular formula is C10H12N2O3. The highest BCUT2D eigenvalue weighted by atomic mass is 16.5. The summed E-state index contributed by atoms with van der Waals surface area (Å²) >= 11 is 0. The molecule has 15 heavy (non-hydrogen) atoms. The highest BCUT2D eigenvalue weighted by Crippen LogP contribution is 1.99. The summed E-state index contributed by atoms with van der Waals surface area (Å²) in [7, 11) is 0. The van der Waals surface area contributed by atoms with E-state index >= 15 is 0 Å². The minimum absolute atomic E-state index is 0.0395. The SMILES string of the molecule is CCOC(=O)C(=O)Cc1cc(C)ncn1. The molecule has 0 bridgehead atoms. The third-order valence-corrected chi connectivity index (χ3v) is 1.71. The van der Waals surface area contributed by atoms with E-state index in [1.165, 1.54) is 6.33 Å². The van der Waals surface area contributed by atoms with Crippen molar-refractivity contribution in [1.82, 2.24) is 9.97 Å². The van der Waals surface area contributed by atoms with Crippen LogP contribution < -0.4 is 0 Å². The Hall–Kier alpha value is -1.78. The Kier molecular flexibility index (Phi) is 3.91. The van der Waals surface area contributed by atoms with Gasteiger partial charge in [-0.3, -0.25) is 4.79 Å². The maximum absolute atomic E-state index is 11.3. The molecule has 5 heteroatoms. The first-order valence-corrected chi connectivity index (χ1v) is 4.61. The molecule has 0 aliphatic rings. The lowest BCUT2D eigenvalue weighted by molar-refractivity contribution is -0.153. The number of rotatable bonds is 4. The monoisotopic (exact) mass is 208 g/mol. The van der Waals surface area contributed by atoms with Crippen molar-refractivity contribution in [3.63, 3.8) is 0 Å². The Bertz CT molecular complexity index is 377. The maximum atomic E-state index is 11.3. The molecule has 0 N–H and O–H groups in total. The van der Waals surface area contributed by atoms with Gasteiger partial charge in [-0.05, 0) is 19.9 Å². The molecule has 0 atom stereocenters. The Morgan fingerprint density at radius 3 is 2.73 bits per heavy atom. The van der Waals surface area contributed by atoms with Gasteiger partial charge in [-0.1, -0.05) is 0 Å². The second-order valence-corrected chi connectivity index (χ2v) is 2.97.